The average Bonchev–Trinajstić information content (AvgIpc) is 2.95. The Labute approximate surface area is 158 Å². The largest absolute Gasteiger partial charge is 0.462 e. The highest BCUT2D eigenvalue weighted by Crippen LogP contribution is 2.27. The van der Waals surface area contributed by atoms with Gasteiger partial charge in [0.15, 0.2) is 0 Å². The van der Waals surface area contributed by atoms with E-state index in [1.54, 1.807) is 13.0 Å². The summed E-state index contributed by atoms with van der Waals surface area (Å²) >= 11 is 1.23. The fraction of sp³-hybridized carbons (Fsp3) is 0.611. The number of nitrogens with zero attached hydrogens (tertiary/aromatic N) is 2. The molecular formula is C18H27N3O4S. The molecule has 144 valence electrons. The fourth-order valence-electron chi connectivity index (χ4n) is 2.81. The summed E-state index contributed by atoms with van der Waals surface area (Å²) in [5.74, 6) is -0.318. The molecule has 1 N–H and O–H groups in total. The molecule has 8 heteroatoms. The number of nitrogens with one attached hydrogen (secondary N) is 1. The smallest absolute Gasteiger partial charge is 0.348 e. The van der Waals surface area contributed by atoms with Gasteiger partial charge in [0, 0.05) is 32.1 Å². The molecule has 0 saturated carbocycles. The fourth-order valence-corrected chi connectivity index (χ4v) is 3.80. The van der Waals surface area contributed by atoms with Gasteiger partial charge in [-0.2, -0.15) is 0 Å². The molecule has 1 aromatic heterocycles. The summed E-state index contributed by atoms with van der Waals surface area (Å²) < 4.78 is 5.01. The van der Waals surface area contributed by atoms with Crippen LogP contribution >= 0.6 is 11.3 Å². The Balaban J connectivity index is 1.84. The molecule has 0 bridgehead atoms. The highest BCUT2D eigenvalue weighted by Gasteiger charge is 2.24. The summed E-state index contributed by atoms with van der Waals surface area (Å²) in [5, 5.41) is 3.49. The molecule has 1 aromatic rings. The van der Waals surface area contributed by atoms with E-state index in [-0.39, 0.29) is 30.2 Å². The molecule has 0 spiro atoms. The van der Waals surface area contributed by atoms with Gasteiger partial charge in [-0.25, -0.2) is 4.79 Å². The van der Waals surface area contributed by atoms with Crippen LogP contribution in [0.2, 0.25) is 0 Å². The molecule has 0 unspecified atom stereocenters. The maximum atomic E-state index is 12.3. The van der Waals surface area contributed by atoms with Crippen molar-refractivity contribution in [3.05, 3.63) is 16.5 Å². The lowest BCUT2D eigenvalue weighted by Gasteiger charge is -2.35. The van der Waals surface area contributed by atoms with Gasteiger partial charge in [-0.15, -0.1) is 11.3 Å². The van der Waals surface area contributed by atoms with E-state index in [1.165, 1.54) is 11.3 Å². The van der Waals surface area contributed by atoms with Crippen LogP contribution in [0.25, 0.3) is 0 Å². The van der Waals surface area contributed by atoms with E-state index in [2.05, 4.69) is 5.32 Å². The molecule has 2 heterocycles. The number of carbonyl (C=O) groups is 3. The van der Waals surface area contributed by atoms with E-state index in [9.17, 15) is 14.4 Å². The van der Waals surface area contributed by atoms with Gasteiger partial charge in [-0.05, 0) is 25.5 Å². The standard InChI is InChI=1S/C18H27N3O4S/c1-5-25-18(24)16-13(4)10-15(26-16)19-14(22)11-20-6-8-21(9-7-20)17(23)12(2)3/h10,12H,5-9,11H2,1-4H3,(H,19,22). The predicted molar refractivity (Wildman–Crippen MR) is 102 cm³/mol. The van der Waals surface area contributed by atoms with Crippen LogP contribution in [0.5, 0.6) is 0 Å². The molecule has 26 heavy (non-hydrogen) atoms. The molecule has 2 amide bonds. The third-order valence-electron chi connectivity index (χ3n) is 4.19. The third-order valence-corrected chi connectivity index (χ3v) is 5.32. The van der Waals surface area contributed by atoms with E-state index in [4.69, 9.17) is 4.74 Å². The van der Waals surface area contributed by atoms with Crippen molar-refractivity contribution < 1.29 is 19.1 Å². The zero-order valence-corrected chi connectivity index (χ0v) is 16.6. The van der Waals surface area contributed by atoms with Crippen molar-refractivity contribution in [3.8, 4) is 0 Å². The van der Waals surface area contributed by atoms with Gasteiger partial charge in [0.25, 0.3) is 0 Å². The van der Waals surface area contributed by atoms with Crippen molar-refractivity contribution in [2.45, 2.75) is 27.7 Å². The Bertz CT molecular complexity index is 663. The second-order valence-corrected chi connectivity index (χ2v) is 7.70. The minimum Gasteiger partial charge on any atom is -0.462 e. The number of thiophene rings is 1. The highest BCUT2D eigenvalue weighted by molar-refractivity contribution is 7.18. The first-order valence-corrected chi connectivity index (χ1v) is 9.72. The van der Waals surface area contributed by atoms with Gasteiger partial charge in [0.1, 0.15) is 4.88 Å². The Morgan fingerprint density at radius 1 is 1.23 bits per heavy atom. The quantitative estimate of drug-likeness (QED) is 0.762. The van der Waals surface area contributed by atoms with Crippen LogP contribution in [0.3, 0.4) is 0 Å². The van der Waals surface area contributed by atoms with Crippen LogP contribution in [0.15, 0.2) is 6.07 Å². The van der Waals surface area contributed by atoms with Gasteiger partial charge in [-0.1, -0.05) is 13.8 Å². The van der Waals surface area contributed by atoms with Crippen LogP contribution in [0, 0.1) is 12.8 Å². The van der Waals surface area contributed by atoms with Crippen molar-refractivity contribution >= 4 is 34.1 Å². The topological polar surface area (TPSA) is 79.0 Å². The van der Waals surface area contributed by atoms with Crippen molar-refractivity contribution in [1.82, 2.24) is 9.80 Å². The molecule has 1 saturated heterocycles. The second kappa shape index (κ2) is 9.14. The highest BCUT2D eigenvalue weighted by atomic mass is 32.1. The molecule has 0 atom stereocenters. The van der Waals surface area contributed by atoms with Crippen molar-refractivity contribution in [2.24, 2.45) is 5.92 Å². The van der Waals surface area contributed by atoms with E-state index in [1.807, 2.05) is 30.6 Å². The predicted octanol–water partition coefficient (Wildman–Crippen LogP) is 1.97. The van der Waals surface area contributed by atoms with Gasteiger partial charge < -0.3 is 15.0 Å². The maximum Gasteiger partial charge on any atom is 0.348 e. The summed E-state index contributed by atoms with van der Waals surface area (Å²) in [7, 11) is 0. The molecule has 2 rings (SSSR count). The Hall–Kier alpha value is -1.93. The van der Waals surface area contributed by atoms with E-state index >= 15 is 0 Å². The number of ether oxygens (including phenoxy) is 1. The summed E-state index contributed by atoms with van der Waals surface area (Å²) in [5.41, 5.74) is 0.796. The Kier molecular flexibility index (Phi) is 7.16. The lowest BCUT2D eigenvalue weighted by atomic mass is 10.1. The monoisotopic (exact) mass is 381 g/mol. The maximum absolute atomic E-state index is 12.3. The minimum absolute atomic E-state index is 0.000473. The number of hydrogen-bond donors (Lipinski definition) is 1. The average molecular weight is 381 g/mol. The number of esters is 1. The number of carbonyl (C=O) groups excluding carboxylic acids is 3. The normalized spacial score (nSPS) is 15.2. The molecular weight excluding hydrogens is 354 g/mol. The Morgan fingerprint density at radius 2 is 1.88 bits per heavy atom. The van der Waals surface area contributed by atoms with Crippen molar-refractivity contribution in [2.75, 3.05) is 44.6 Å². The first kappa shape index (κ1) is 20.4. The number of rotatable bonds is 6. The second-order valence-electron chi connectivity index (χ2n) is 6.65. The first-order chi connectivity index (χ1) is 12.3. The van der Waals surface area contributed by atoms with Crippen molar-refractivity contribution in [1.29, 1.82) is 0 Å². The molecule has 7 nitrogen and oxygen atoms in total. The van der Waals surface area contributed by atoms with Gasteiger partial charge in [-0.3, -0.25) is 14.5 Å². The number of hydrogen-bond acceptors (Lipinski definition) is 6. The van der Waals surface area contributed by atoms with Crippen LogP contribution in [0.4, 0.5) is 5.00 Å². The van der Waals surface area contributed by atoms with Crippen LogP contribution in [-0.4, -0.2) is 66.9 Å². The van der Waals surface area contributed by atoms with E-state index < -0.39 is 0 Å². The van der Waals surface area contributed by atoms with Gasteiger partial charge >= 0.3 is 5.97 Å². The summed E-state index contributed by atoms with van der Waals surface area (Å²) in [4.78, 5) is 40.5. The molecule has 1 aliphatic rings. The van der Waals surface area contributed by atoms with Crippen molar-refractivity contribution in [3.63, 3.8) is 0 Å². The SMILES string of the molecule is CCOC(=O)c1sc(NC(=O)CN2CCN(C(=O)C(C)C)CC2)cc1C. The lowest BCUT2D eigenvalue weighted by molar-refractivity contribution is -0.136. The molecule has 0 aromatic carbocycles. The molecule has 0 radical (unpaired) electrons. The van der Waals surface area contributed by atoms with E-state index in [0.29, 0.717) is 42.7 Å². The summed E-state index contributed by atoms with van der Waals surface area (Å²) in [6.07, 6.45) is 0. The van der Waals surface area contributed by atoms with Crippen LogP contribution in [-0.2, 0) is 14.3 Å². The third kappa shape index (κ3) is 5.28. The van der Waals surface area contributed by atoms with Crippen LogP contribution < -0.4 is 5.32 Å². The number of anilines is 1. The minimum atomic E-state index is -0.360. The summed E-state index contributed by atoms with van der Waals surface area (Å²) in [6.45, 7) is 10.6. The number of piperazine rings is 1. The van der Waals surface area contributed by atoms with E-state index in [0.717, 1.165) is 5.56 Å². The lowest BCUT2D eigenvalue weighted by Crippen LogP contribution is -2.51. The zero-order valence-electron chi connectivity index (χ0n) is 15.8. The molecule has 1 aliphatic heterocycles. The van der Waals surface area contributed by atoms with Gasteiger partial charge in [0.2, 0.25) is 11.8 Å². The van der Waals surface area contributed by atoms with Gasteiger partial charge in [0.05, 0.1) is 18.2 Å². The molecule has 1 fully saturated rings. The number of aryl methyl sites for hydroxylation is 1. The van der Waals surface area contributed by atoms with Crippen LogP contribution in [0.1, 0.15) is 36.0 Å². The Morgan fingerprint density at radius 3 is 2.46 bits per heavy atom. The molecule has 0 aliphatic carbocycles. The summed E-state index contributed by atoms with van der Waals surface area (Å²) in [6, 6.07) is 1.79. The number of amides is 2. The zero-order chi connectivity index (χ0) is 19.3. The first-order valence-electron chi connectivity index (χ1n) is 8.90.